The summed E-state index contributed by atoms with van der Waals surface area (Å²) in [7, 11) is -3.73. The molecule has 154 valence electrons. The number of nitrogens with zero attached hydrogens (tertiary/aromatic N) is 3. The molecule has 0 radical (unpaired) electrons. The number of anilines is 1. The predicted molar refractivity (Wildman–Crippen MR) is 105 cm³/mol. The second-order valence-electron chi connectivity index (χ2n) is 7.29. The number of rotatable bonds is 7. The van der Waals surface area contributed by atoms with Crippen molar-refractivity contribution in [3.63, 3.8) is 0 Å². The summed E-state index contributed by atoms with van der Waals surface area (Å²) in [6.07, 6.45) is 1.18. The van der Waals surface area contributed by atoms with E-state index in [0.29, 0.717) is 18.8 Å². The Bertz CT molecular complexity index is 997. The minimum absolute atomic E-state index is 0.0416. The molecule has 10 heteroatoms. The van der Waals surface area contributed by atoms with Gasteiger partial charge < -0.3 is 14.4 Å². The number of hydrogen-bond donors (Lipinski definition) is 1. The highest BCUT2D eigenvalue weighted by molar-refractivity contribution is 7.89. The second-order valence-corrected chi connectivity index (χ2v) is 9.23. The molecule has 0 saturated heterocycles. The third-order valence-corrected chi connectivity index (χ3v) is 6.16. The van der Waals surface area contributed by atoms with Crippen LogP contribution in [0, 0.1) is 0 Å². The van der Waals surface area contributed by atoms with Gasteiger partial charge in [0.05, 0.1) is 4.90 Å². The first-order valence-electron chi connectivity index (χ1n) is 8.96. The Balaban J connectivity index is 2.21. The molecular formula is C18H26N4O5S. The second kappa shape index (κ2) is 8.27. The van der Waals surface area contributed by atoms with Crippen molar-refractivity contribution < 1.29 is 17.7 Å². The lowest BCUT2D eigenvalue weighted by molar-refractivity contribution is -0.116. The smallest absolute Gasteiger partial charge is 0.251 e. The number of sulfonamides is 1. The summed E-state index contributed by atoms with van der Waals surface area (Å²) in [5.41, 5.74) is -0.746. The highest BCUT2D eigenvalue weighted by Gasteiger charge is 2.23. The average Bonchev–Trinajstić information content (AvgIpc) is 3.06. The molecule has 2 aromatic heterocycles. The first kappa shape index (κ1) is 21.8. The SMILES string of the molecule is CCN(CC)S(=O)(=O)c1ccc(=O)n(CC(=O)Nc2cc(C(C)(C)C)on2)c1. The number of pyridine rings is 1. The fourth-order valence-electron chi connectivity index (χ4n) is 2.52. The van der Waals surface area contributed by atoms with E-state index < -0.39 is 21.5 Å². The van der Waals surface area contributed by atoms with Crippen molar-refractivity contribution in [1.82, 2.24) is 14.0 Å². The van der Waals surface area contributed by atoms with Gasteiger partial charge in [0.15, 0.2) is 5.82 Å². The number of hydrogen-bond acceptors (Lipinski definition) is 6. The monoisotopic (exact) mass is 410 g/mol. The van der Waals surface area contributed by atoms with Crippen molar-refractivity contribution in [2.24, 2.45) is 0 Å². The molecule has 2 rings (SSSR count). The van der Waals surface area contributed by atoms with Crippen molar-refractivity contribution in [3.05, 3.63) is 40.5 Å². The van der Waals surface area contributed by atoms with Gasteiger partial charge in [0.25, 0.3) is 5.56 Å². The van der Waals surface area contributed by atoms with Crippen molar-refractivity contribution in [3.8, 4) is 0 Å². The molecule has 2 heterocycles. The molecule has 1 N–H and O–H groups in total. The molecule has 28 heavy (non-hydrogen) atoms. The first-order valence-corrected chi connectivity index (χ1v) is 10.4. The molecule has 9 nitrogen and oxygen atoms in total. The Morgan fingerprint density at radius 2 is 1.89 bits per heavy atom. The molecule has 0 fully saturated rings. The molecule has 0 aliphatic heterocycles. The Kier molecular flexibility index (Phi) is 6.45. The molecule has 0 spiro atoms. The predicted octanol–water partition coefficient (Wildman–Crippen LogP) is 1.80. The minimum Gasteiger partial charge on any atom is -0.359 e. The first-order chi connectivity index (χ1) is 13.0. The van der Waals surface area contributed by atoms with Crippen LogP contribution in [0.1, 0.15) is 40.4 Å². The standard InChI is InChI=1S/C18H26N4O5S/c1-6-22(7-2)28(25,26)13-8-9-17(24)21(11-13)12-16(23)19-15-10-14(27-20-15)18(3,4)5/h8-11H,6-7,12H2,1-5H3,(H,19,20,23). The van der Waals surface area contributed by atoms with E-state index in [9.17, 15) is 18.0 Å². The van der Waals surface area contributed by atoms with Gasteiger partial charge in [-0.25, -0.2) is 8.42 Å². The summed E-state index contributed by atoms with van der Waals surface area (Å²) in [4.78, 5) is 24.3. The molecule has 0 atom stereocenters. The number of carbonyl (C=O) groups is 1. The molecule has 0 unspecified atom stereocenters. The maximum atomic E-state index is 12.6. The van der Waals surface area contributed by atoms with Crippen LogP contribution in [0.3, 0.4) is 0 Å². The number of carbonyl (C=O) groups excluding carboxylic acids is 1. The fraction of sp³-hybridized carbons (Fsp3) is 0.500. The lowest BCUT2D eigenvalue weighted by Gasteiger charge is -2.18. The van der Waals surface area contributed by atoms with Crippen LogP contribution >= 0.6 is 0 Å². The molecule has 1 amide bonds. The van der Waals surface area contributed by atoms with Gasteiger partial charge in [0.2, 0.25) is 15.9 Å². The highest BCUT2D eigenvalue weighted by atomic mass is 32.2. The van der Waals surface area contributed by atoms with Crippen molar-refractivity contribution in [1.29, 1.82) is 0 Å². The zero-order valence-electron chi connectivity index (χ0n) is 16.7. The van der Waals surface area contributed by atoms with Gasteiger partial charge in [0, 0.05) is 36.8 Å². The van der Waals surface area contributed by atoms with Gasteiger partial charge in [-0.2, -0.15) is 4.31 Å². The molecule has 0 aromatic carbocycles. The average molecular weight is 410 g/mol. The van der Waals surface area contributed by atoms with Crippen LogP contribution in [0.4, 0.5) is 5.82 Å². The summed E-state index contributed by atoms with van der Waals surface area (Å²) in [6, 6.07) is 4.00. The molecule has 2 aromatic rings. The van der Waals surface area contributed by atoms with Crippen LogP contribution in [0.2, 0.25) is 0 Å². The van der Waals surface area contributed by atoms with Crippen molar-refractivity contribution in [2.45, 2.75) is 51.5 Å². The van der Waals surface area contributed by atoms with Gasteiger partial charge in [-0.05, 0) is 6.07 Å². The van der Waals surface area contributed by atoms with Gasteiger partial charge in [-0.1, -0.05) is 39.8 Å². The van der Waals surface area contributed by atoms with E-state index >= 15 is 0 Å². The van der Waals surface area contributed by atoms with E-state index in [-0.39, 0.29) is 22.7 Å². The fourth-order valence-corrected chi connectivity index (χ4v) is 4.00. The number of aromatic nitrogens is 2. The summed E-state index contributed by atoms with van der Waals surface area (Å²) >= 11 is 0. The quantitative estimate of drug-likeness (QED) is 0.744. The molecular weight excluding hydrogens is 384 g/mol. The molecule has 0 aliphatic rings. The Labute approximate surface area is 164 Å². The van der Waals surface area contributed by atoms with E-state index in [0.717, 1.165) is 10.6 Å². The van der Waals surface area contributed by atoms with E-state index in [1.807, 2.05) is 20.8 Å². The molecule has 0 saturated carbocycles. The van der Waals surface area contributed by atoms with Crippen LogP contribution in [0.5, 0.6) is 0 Å². The lowest BCUT2D eigenvalue weighted by Crippen LogP contribution is -2.33. The Morgan fingerprint density at radius 1 is 1.25 bits per heavy atom. The zero-order chi connectivity index (χ0) is 21.1. The summed E-state index contributed by atoms with van der Waals surface area (Å²) < 4.78 is 32.8. The Morgan fingerprint density at radius 3 is 2.43 bits per heavy atom. The summed E-state index contributed by atoms with van der Waals surface area (Å²) in [5.74, 6) is 0.315. The van der Waals surface area contributed by atoms with Crippen molar-refractivity contribution >= 4 is 21.7 Å². The van der Waals surface area contributed by atoms with Crippen molar-refractivity contribution in [2.75, 3.05) is 18.4 Å². The van der Waals surface area contributed by atoms with E-state index in [2.05, 4.69) is 10.5 Å². The Hall–Kier alpha value is -2.46. The van der Waals surface area contributed by atoms with Crippen LogP contribution in [0.15, 0.2) is 38.6 Å². The molecule has 0 bridgehead atoms. The van der Waals surface area contributed by atoms with Gasteiger partial charge in [-0.3, -0.25) is 9.59 Å². The lowest BCUT2D eigenvalue weighted by atomic mass is 9.93. The third kappa shape index (κ3) is 4.87. The van der Waals surface area contributed by atoms with E-state index in [1.54, 1.807) is 19.9 Å². The van der Waals surface area contributed by atoms with Crippen LogP contribution in [0.25, 0.3) is 0 Å². The van der Waals surface area contributed by atoms with E-state index in [1.165, 1.54) is 16.6 Å². The normalized spacial score (nSPS) is 12.4. The molecule has 0 aliphatic carbocycles. The van der Waals surface area contributed by atoms with Gasteiger partial charge in [-0.15, -0.1) is 0 Å². The summed E-state index contributed by atoms with van der Waals surface area (Å²) in [5, 5.41) is 6.34. The number of nitrogens with one attached hydrogen (secondary N) is 1. The maximum Gasteiger partial charge on any atom is 0.251 e. The number of amides is 1. The largest absolute Gasteiger partial charge is 0.359 e. The van der Waals surface area contributed by atoms with E-state index in [4.69, 9.17) is 4.52 Å². The van der Waals surface area contributed by atoms with Gasteiger partial charge in [0.1, 0.15) is 12.3 Å². The third-order valence-electron chi connectivity index (χ3n) is 4.13. The topological polar surface area (TPSA) is 115 Å². The zero-order valence-corrected chi connectivity index (χ0v) is 17.5. The van der Waals surface area contributed by atoms with Gasteiger partial charge >= 0.3 is 0 Å². The highest BCUT2D eigenvalue weighted by Crippen LogP contribution is 2.24. The minimum atomic E-state index is -3.73. The summed E-state index contributed by atoms with van der Waals surface area (Å²) in [6.45, 7) is 9.56. The van der Waals surface area contributed by atoms with Crippen LogP contribution in [-0.4, -0.2) is 41.4 Å². The van der Waals surface area contributed by atoms with Crippen LogP contribution in [-0.2, 0) is 26.8 Å². The van der Waals surface area contributed by atoms with Crippen LogP contribution < -0.4 is 10.9 Å². The maximum absolute atomic E-state index is 12.6.